The van der Waals surface area contributed by atoms with Crippen LogP contribution in [-0.4, -0.2) is 15.0 Å². The number of benzene rings is 6. The molecule has 48 heavy (non-hydrogen) atoms. The Morgan fingerprint density at radius 3 is 2.23 bits per heavy atom. The first-order chi connectivity index (χ1) is 23.8. The maximum atomic E-state index is 6.68. The zero-order chi connectivity index (χ0) is 31.6. The van der Waals surface area contributed by atoms with Crippen molar-refractivity contribution in [2.75, 3.05) is 0 Å². The van der Waals surface area contributed by atoms with Crippen molar-refractivity contribution >= 4 is 59.5 Å². The molecule has 0 unspecified atom stereocenters. The van der Waals surface area contributed by atoms with E-state index in [0.29, 0.717) is 17.5 Å². The number of aryl methyl sites for hydroxylation is 1. The van der Waals surface area contributed by atoms with Crippen molar-refractivity contribution in [1.82, 2.24) is 15.0 Å². The number of thiophene rings is 1. The van der Waals surface area contributed by atoms with E-state index in [1.807, 2.05) is 30.3 Å². The van der Waals surface area contributed by atoms with Crippen molar-refractivity contribution in [2.24, 2.45) is 0 Å². The molecule has 0 radical (unpaired) electrons. The van der Waals surface area contributed by atoms with E-state index in [1.54, 1.807) is 11.3 Å². The fraction of sp³-hybridized carbons (Fsp3) is 0.0465. The molecule has 4 nitrogen and oxygen atoms in total. The molecular formula is C43H27N3OS. The Labute approximate surface area is 280 Å². The minimum Gasteiger partial charge on any atom is -0.455 e. The highest BCUT2D eigenvalue weighted by molar-refractivity contribution is 7.26. The molecule has 0 spiro atoms. The zero-order valence-corrected chi connectivity index (χ0v) is 26.7. The first-order valence-corrected chi connectivity index (χ1v) is 17.1. The van der Waals surface area contributed by atoms with Gasteiger partial charge in [-0.3, -0.25) is 0 Å². The van der Waals surface area contributed by atoms with Gasteiger partial charge in [0, 0.05) is 53.2 Å². The molecule has 6 aromatic carbocycles. The number of allylic oxidation sites excluding steroid dienone is 1. The maximum absolute atomic E-state index is 6.68. The molecule has 5 heteroatoms. The summed E-state index contributed by atoms with van der Waals surface area (Å²) in [6.45, 7) is 0. The van der Waals surface area contributed by atoms with E-state index in [2.05, 4.69) is 109 Å². The zero-order valence-electron chi connectivity index (χ0n) is 25.9. The third kappa shape index (κ3) is 4.32. The van der Waals surface area contributed by atoms with Gasteiger partial charge in [0.25, 0.3) is 0 Å². The number of furan rings is 1. The third-order valence-corrected chi connectivity index (χ3v) is 10.6. The summed E-state index contributed by atoms with van der Waals surface area (Å²) in [4.78, 5) is 15.5. The van der Waals surface area contributed by atoms with Gasteiger partial charge in [-0.25, -0.2) is 15.0 Å². The average Bonchev–Trinajstić information content (AvgIpc) is 3.74. The number of aromatic nitrogens is 3. The van der Waals surface area contributed by atoms with Gasteiger partial charge in [0.1, 0.15) is 11.2 Å². The Kier molecular flexibility index (Phi) is 6.14. The standard InChI is InChI=1S/C43H27N3OS/c1-2-12-27(13-3-1)41-44-42(46-43(45-41)35-18-10-17-32-31-15-7-9-20-37(31)48-40(32)35)34-24-23-30(29-22-21-26-11-4-5-14-28(26)25-29)39-38(34)33-16-6-8-19-36(33)47-39/h1-3,5-10,12-25H,4,11H2. The lowest BCUT2D eigenvalue weighted by molar-refractivity contribution is 0.670. The molecule has 1 aliphatic carbocycles. The molecule has 10 rings (SSSR count). The van der Waals surface area contributed by atoms with Gasteiger partial charge in [-0.05, 0) is 65.9 Å². The fourth-order valence-corrected chi connectivity index (χ4v) is 8.30. The van der Waals surface area contributed by atoms with Crippen LogP contribution < -0.4 is 0 Å². The number of nitrogens with zero attached hydrogens (tertiary/aromatic N) is 3. The van der Waals surface area contributed by atoms with E-state index in [1.165, 1.54) is 31.3 Å². The highest BCUT2D eigenvalue weighted by Gasteiger charge is 2.22. The first-order valence-electron chi connectivity index (χ1n) is 16.3. The third-order valence-electron chi connectivity index (χ3n) is 9.41. The van der Waals surface area contributed by atoms with Gasteiger partial charge in [0.05, 0.1) is 0 Å². The number of rotatable bonds is 4. The van der Waals surface area contributed by atoms with Crippen molar-refractivity contribution in [1.29, 1.82) is 0 Å². The van der Waals surface area contributed by atoms with Gasteiger partial charge in [0.2, 0.25) is 0 Å². The molecule has 0 saturated heterocycles. The van der Waals surface area contributed by atoms with Gasteiger partial charge in [0.15, 0.2) is 17.5 Å². The summed E-state index contributed by atoms with van der Waals surface area (Å²) in [6, 6.07) is 44.5. The molecule has 0 saturated carbocycles. The quantitative estimate of drug-likeness (QED) is 0.193. The second-order valence-corrected chi connectivity index (χ2v) is 13.3. The van der Waals surface area contributed by atoms with E-state index in [-0.39, 0.29) is 0 Å². The minimum atomic E-state index is 0.619. The Bertz CT molecular complexity index is 2740. The van der Waals surface area contributed by atoms with Crippen LogP contribution in [0.5, 0.6) is 0 Å². The molecule has 9 aromatic rings. The predicted octanol–water partition coefficient (Wildman–Crippen LogP) is 11.8. The molecule has 3 heterocycles. The topological polar surface area (TPSA) is 51.8 Å². The lowest BCUT2D eigenvalue weighted by atomic mass is 9.92. The van der Waals surface area contributed by atoms with Crippen LogP contribution in [0, 0.1) is 0 Å². The van der Waals surface area contributed by atoms with Crippen LogP contribution >= 0.6 is 11.3 Å². The molecule has 0 fully saturated rings. The second kappa shape index (κ2) is 10.8. The van der Waals surface area contributed by atoms with Crippen LogP contribution in [0.15, 0.2) is 138 Å². The fourth-order valence-electron chi connectivity index (χ4n) is 7.09. The highest BCUT2D eigenvalue weighted by atomic mass is 32.1. The van der Waals surface area contributed by atoms with Gasteiger partial charge >= 0.3 is 0 Å². The van der Waals surface area contributed by atoms with Crippen molar-refractivity contribution in [2.45, 2.75) is 12.8 Å². The van der Waals surface area contributed by atoms with Crippen molar-refractivity contribution in [3.05, 3.63) is 145 Å². The van der Waals surface area contributed by atoms with Crippen LogP contribution in [0.25, 0.3) is 93.5 Å². The molecule has 1 aliphatic rings. The first kappa shape index (κ1) is 27.2. The Morgan fingerprint density at radius 1 is 0.562 bits per heavy atom. The van der Waals surface area contributed by atoms with Crippen molar-refractivity contribution in [3.8, 4) is 45.3 Å². The molecule has 3 aromatic heterocycles. The van der Waals surface area contributed by atoms with E-state index in [4.69, 9.17) is 19.4 Å². The van der Waals surface area contributed by atoms with E-state index < -0.39 is 0 Å². The van der Waals surface area contributed by atoms with Crippen LogP contribution in [0.4, 0.5) is 0 Å². The van der Waals surface area contributed by atoms with Gasteiger partial charge in [-0.1, -0.05) is 103 Å². The summed E-state index contributed by atoms with van der Waals surface area (Å²) in [5, 5.41) is 4.50. The molecular weight excluding hydrogens is 607 g/mol. The Hall–Kier alpha value is -5.91. The van der Waals surface area contributed by atoms with Crippen LogP contribution in [0.1, 0.15) is 17.5 Å². The van der Waals surface area contributed by atoms with Gasteiger partial charge < -0.3 is 4.42 Å². The number of para-hydroxylation sites is 1. The van der Waals surface area contributed by atoms with Crippen molar-refractivity contribution in [3.63, 3.8) is 0 Å². The summed E-state index contributed by atoms with van der Waals surface area (Å²) < 4.78 is 9.10. The number of hydrogen-bond acceptors (Lipinski definition) is 5. The molecule has 0 N–H and O–H groups in total. The summed E-state index contributed by atoms with van der Waals surface area (Å²) in [5.74, 6) is 1.91. The molecule has 0 aliphatic heterocycles. The average molecular weight is 634 g/mol. The summed E-state index contributed by atoms with van der Waals surface area (Å²) in [5.41, 5.74) is 9.39. The van der Waals surface area contributed by atoms with Crippen LogP contribution in [0.3, 0.4) is 0 Å². The maximum Gasteiger partial charge on any atom is 0.165 e. The normalized spacial score (nSPS) is 12.8. The largest absolute Gasteiger partial charge is 0.455 e. The van der Waals surface area contributed by atoms with E-state index in [9.17, 15) is 0 Å². The summed E-state index contributed by atoms with van der Waals surface area (Å²) in [7, 11) is 0. The van der Waals surface area contributed by atoms with Gasteiger partial charge in [-0.15, -0.1) is 11.3 Å². The van der Waals surface area contributed by atoms with Crippen LogP contribution in [-0.2, 0) is 6.42 Å². The van der Waals surface area contributed by atoms with E-state index >= 15 is 0 Å². The lowest BCUT2D eigenvalue weighted by Crippen LogP contribution is -2.00. The molecule has 0 amide bonds. The predicted molar refractivity (Wildman–Crippen MR) is 199 cm³/mol. The van der Waals surface area contributed by atoms with E-state index in [0.717, 1.165) is 62.6 Å². The summed E-state index contributed by atoms with van der Waals surface area (Å²) in [6.07, 6.45) is 6.66. The molecule has 0 atom stereocenters. The van der Waals surface area contributed by atoms with Crippen molar-refractivity contribution < 1.29 is 4.42 Å². The highest BCUT2D eigenvalue weighted by Crippen LogP contribution is 2.43. The lowest BCUT2D eigenvalue weighted by Gasteiger charge is -2.13. The summed E-state index contributed by atoms with van der Waals surface area (Å²) >= 11 is 1.78. The Balaban J connectivity index is 1.24. The monoisotopic (exact) mass is 633 g/mol. The molecule has 0 bridgehead atoms. The SMILES string of the molecule is C1=Cc2cc(-c3ccc(-c4nc(-c5ccccc5)nc(-c5cccc6c5sc5ccccc56)n4)c4c3oc3ccccc34)ccc2CC1. The number of hydrogen-bond donors (Lipinski definition) is 0. The number of fused-ring (bicyclic) bond motifs is 7. The Morgan fingerprint density at radius 2 is 1.31 bits per heavy atom. The smallest absolute Gasteiger partial charge is 0.165 e. The van der Waals surface area contributed by atoms with Crippen LogP contribution in [0.2, 0.25) is 0 Å². The second-order valence-electron chi connectivity index (χ2n) is 12.3. The molecule has 226 valence electrons. The van der Waals surface area contributed by atoms with Gasteiger partial charge in [-0.2, -0.15) is 0 Å². The minimum absolute atomic E-state index is 0.619.